The number of amides is 1. The van der Waals surface area contributed by atoms with Crippen molar-refractivity contribution in [3.8, 4) is 0 Å². The number of benzene rings is 3. The largest absolute Gasteiger partial charge is 0.325 e. The van der Waals surface area contributed by atoms with Crippen molar-refractivity contribution in [1.82, 2.24) is 0 Å². The summed E-state index contributed by atoms with van der Waals surface area (Å²) >= 11 is 1.40. The maximum Gasteiger partial charge on any atom is 0.234 e. The van der Waals surface area contributed by atoms with Crippen LogP contribution in [0.15, 0.2) is 66.7 Å². The van der Waals surface area contributed by atoms with Gasteiger partial charge in [0.15, 0.2) is 0 Å². The lowest BCUT2D eigenvalue weighted by molar-refractivity contribution is -0.113. The van der Waals surface area contributed by atoms with Crippen molar-refractivity contribution in [2.24, 2.45) is 0 Å². The number of hydrogen-bond donors (Lipinski definition) is 1. The summed E-state index contributed by atoms with van der Waals surface area (Å²) in [5.74, 6) is 0.463. The Labute approximate surface area is 138 Å². The van der Waals surface area contributed by atoms with Crippen LogP contribution in [0.5, 0.6) is 0 Å². The van der Waals surface area contributed by atoms with E-state index in [9.17, 15) is 9.18 Å². The monoisotopic (exact) mass is 325 g/mol. The number of carbonyl (C=O) groups is 1. The first-order chi connectivity index (χ1) is 11.2. The molecule has 2 nitrogen and oxygen atoms in total. The minimum absolute atomic E-state index is 0.0808. The second-order valence-corrected chi connectivity index (χ2v) is 6.14. The van der Waals surface area contributed by atoms with E-state index >= 15 is 0 Å². The molecule has 1 amide bonds. The number of fused-ring (bicyclic) bond motifs is 1. The fraction of sp³-hybridized carbons (Fsp3) is 0.105. The summed E-state index contributed by atoms with van der Waals surface area (Å²) in [5.41, 5.74) is 1.43. The molecule has 3 aromatic carbocycles. The van der Waals surface area contributed by atoms with Crippen molar-refractivity contribution >= 4 is 34.1 Å². The van der Waals surface area contributed by atoms with E-state index in [1.54, 1.807) is 18.2 Å². The Hall–Kier alpha value is -2.33. The fourth-order valence-electron chi connectivity index (χ4n) is 2.39. The molecule has 0 heterocycles. The second-order valence-electron chi connectivity index (χ2n) is 5.16. The quantitative estimate of drug-likeness (QED) is 0.726. The highest BCUT2D eigenvalue weighted by molar-refractivity contribution is 7.99. The Kier molecular flexibility index (Phi) is 4.93. The number of carbonyl (C=O) groups excluding carboxylic acids is 1. The summed E-state index contributed by atoms with van der Waals surface area (Å²) in [6.45, 7) is 0. The molecule has 3 aromatic rings. The SMILES string of the molecule is O=C(CSCc1ccccc1F)Nc1cccc2ccccc12. The average Bonchev–Trinajstić information content (AvgIpc) is 2.57. The van der Waals surface area contributed by atoms with Crippen molar-refractivity contribution in [2.75, 3.05) is 11.1 Å². The molecule has 0 aliphatic rings. The van der Waals surface area contributed by atoms with Gasteiger partial charge >= 0.3 is 0 Å². The Morgan fingerprint density at radius 1 is 0.957 bits per heavy atom. The van der Waals surface area contributed by atoms with Crippen LogP contribution in [0.1, 0.15) is 5.56 Å². The number of anilines is 1. The van der Waals surface area contributed by atoms with Crippen LogP contribution in [0.25, 0.3) is 10.8 Å². The van der Waals surface area contributed by atoms with Crippen molar-refractivity contribution in [3.05, 3.63) is 78.1 Å². The summed E-state index contributed by atoms with van der Waals surface area (Å²) in [5, 5.41) is 5.04. The van der Waals surface area contributed by atoms with Crippen LogP contribution in [0.2, 0.25) is 0 Å². The predicted octanol–water partition coefficient (Wildman–Crippen LogP) is 4.85. The van der Waals surface area contributed by atoms with Crippen LogP contribution in [-0.4, -0.2) is 11.7 Å². The molecular weight excluding hydrogens is 309 g/mol. The van der Waals surface area contributed by atoms with Gasteiger partial charge in [-0.2, -0.15) is 0 Å². The first-order valence-corrected chi connectivity index (χ1v) is 8.48. The molecule has 4 heteroatoms. The molecule has 0 saturated carbocycles. The molecule has 0 aliphatic heterocycles. The Morgan fingerprint density at radius 3 is 2.57 bits per heavy atom. The second kappa shape index (κ2) is 7.29. The average molecular weight is 325 g/mol. The van der Waals surface area contributed by atoms with Gasteiger partial charge in [-0.05, 0) is 23.1 Å². The summed E-state index contributed by atoms with van der Waals surface area (Å²) in [4.78, 5) is 12.1. The molecule has 0 radical (unpaired) electrons. The number of nitrogens with one attached hydrogen (secondary N) is 1. The molecule has 0 unspecified atom stereocenters. The minimum Gasteiger partial charge on any atom is -0.325 e. The minimum atomic E-state index is -0.227. The van der Waals surface area contributed by atoms with Crippen molar-refractivity contribution in [3.63, 3.8) is 0 Å². The van der Waals surface area contributed by atoms with Gasteiger partial charge in [0.1, 0.15) is 5.82 Å². The zero-order chi connectivity index (χ0) is 16.1. The van der Waals surface area contributed by atoms with Gasteiger partial charge in [-0.3, -0.25) is 4.79 Å². The molecule has 0 fully saturated rings. The van der Waals surface area contributed by atoms with Gasteiger partial charge in [0.2, 0.25) is 5.91 Å². The van der Waals surface area contributed by atoms with Gasteiger partial charge in [0, 0.05) is 16.8 Å². The topological polar surface area (TPSA) is 29.1 Å². The fourth-order valence-corrected chi connectivity index (χ4v) is 3.20. The summed E-state index contributed by atoms with van der Waals surface area (Å²) in [6, 6.07) is 20.4. The van der Waals surface area contributed by atoms with Gasteiger partial charge in [-0.25, -0.2) is 4.39 Å². The lowest BCUT2D eigenvalue weighted by Crippen LogP contribution is -2.14. The molecule has 3 rings (SSSR count). The Balaban J connectivity index is 1.60. The third-order valence-electron chi connectivity index (χ3n) is 3.51. The zero-order valence-corrected chi connectivity index (χ0v) is 13.3. The van der Waals surface area contributed by atoms with E-state index in [0.717, 1.165) is 16.5 Å². The van der Waals surface area contributed by atoms with E-state index in [2.05, 4.69) is 5.32 Å². The highest BCUT2D eigenvalue weighted by atomic mass is 32.2. The Morgan fingerprint density at radius 2 is 1.70 bits per heavy atom. The molecule has 0 atom stereocenters. The normalized spacial score (nSPS) is 10.7. The van der Waals surface area contributed by atoms with E-state index < -0.39 is 0 Å². The lowest BCUT2D eigenvalue weighted by Gasteiger charge is -2.09. The van der Waals surface area contributed by atoms with Gasteiger partial charge in [-0.1, -0.05) is 54.6 Å². The highest BCUT2D eigenvalue weighted by Gasteiger charge is 2.07. The van der Waals surface area contributed by atoms with Crippen LogP contribution in [0, 0.1) is 5.82 Å². The lowest BCUT2D eigenvalue weighted by atomic mass is 10.1. The molecule has 1 N–H and O–H groups in total. The molecule has 0 spiro atoms. The molecule has 23 heavy (non-hydrogen) atoms. The maximum absolute atomic E-state index is 13.5. The molecule has 0 saturated heterocycles. The number of hydrogen-bond acceptors (Lipinski definition) is 2. The zero-order valence-electron chi connectivity index (χ0n) is 12.5. The first kappa shape index (κ1) is 15.6. The molecule has 0 bridgehead atoms. The van der Waals surface area contributed by atoms with Crippen LogP contribution < -0.4 is 5.32 Å². The third kappa shape index (κ3) is 3.90. The smallest absolute Gasteiger partial charge is 0.234 e. The number of thioether (sulfide) groups is 1. The number of halogens is 1. The molecule has 116 valence electrons. The van der Waals surface area contributed by atoms with Crippen molar-refractivity contribution in [1.29, 1.82) is 0 Å². The van der Waals surface area contributed by atoms with Crippen LogP contribution >= 0.6 is 11.8 Å². The van der Waals surface area contributed by atoms with E-state index in [4.69, 9.17) is 0 Å². The van der Waals surface area contributed by atoms with Gasteiger partial charge < -0.3 is 5.32 Å². The summed E-state index contributed by atoms with van der Waals surface area (Å²) < 4.78 is 13.5. The van der Waals surface area contributed by atoms with Crippen LogP contribution in [-0.2, 0) is 10.5 Å². The highest BCUT2D eigenvalue weighted by Crippen LogP contribution is 2.23. The van der Waals surface area contributed by atoms with Gasteiger partial charge in [0.25, 0.3) is 0 Å². The Bertz CT molecular complexity index is 829. The first-order valence-electron chi connectivity index (χ1n) is 7.33. The van der Waals surface area contributed by atoms with Crippen LogP contribution in [0.3, 0.4) is 0 Å². The predicted molar refractivity (Wildman–Crippen MR) is 95.1 cm³/mol. The maximum atomic E-state index is 13.5. The van der Waals surface area contributed by atoms with E-state index in [0.29, 0.717) is 11.3 Å². The van der Waals surface area contributed by atoms with Crippen LogP contribution in [0.4, 0.5) is 10.1 Å². The summed E-state index contributed by atoms with van der Waals surface area (Å²) in [7, 11) is 0. The van der Waals surface area contributed by atoms with E-state index in [1.165, 1.54) is 17.8 Å². The van der Waals surface area contributed by atoms with Crippen molar-refractivity contribution in [2.45, 2.75) is 5.75 Å². The summed E-state index contributed by atoms with van der Waals surface area (Å²) in [6.07, 6.45) is 0. The molecule has 0 aliphatic carbocycles. The third-order valence-corrected chi connectivity index (χ3v) is 4.49. The molecule has 0 aromatic heterocycles. The molecular formula is C19H16FNOS. The van der Waals surface area contributed by atoms with E-state index in [-0.39, 0.29) is 17.5 Å². The van der Waals surface area contributed by atoms with E-state index in [1.807, 2.05) is 42.5 Å². The van der Waals surface area contributed by atoms with Gasteiger partial charge in [0.05, 0.1) is 5.75 Å². The standard InChI is InChI=1S/C19H16FNOS/c20-17-10-4-2-7-15(17)12-23-13-19(22)21-18-11-5-8-14-6-1-3-9-16(14)18/h1-11H,12-13H2,(H,21,22). The van der Waals surface area contributed by atoms with Gasteiger partial charge in [-0.15, -0.1) is 11.8 Å². The van der Waals surface area contributed by atoms with Crippen molar-refractivity contribution < 1.29 is 9.18 Å². The number of rotatable bonds is 5.